The van der Waals surface area contributed by atoms with Gasteiger partial charge >= 0.3 is 0 Å². The van der Waals surface area contributed by atoms with E-state index in [9.17, 15) is 20.4 Å². The molecule has 8 nitrogen and oxygen atoms in total. The molecule has 5 N–H and O–H groups in total. The number of hydrogen-bond acceptors (Lipinski definition) is 8. The molecule has 1 aliphatic heterocycles. The third-order valence-electron chi connectivity index (χ3n) is 5.78. The van der Waals surface area contributed by atoms with Gasteiger partial charge in [-0.2, -0.15) is 0 Å². The Morgan fingerprint density at radius 1 is 0.774 bits per heavy atom. The fourth-order valence-corrected chi connectivity index (χ4v) is 3.79. The third-order valence-corrected chi connectivity index (χ3v) is 5.78. The van der Waals surface area contributed by atoms with Crippen LogP contribution in [0, 0.1) is 0 Å². The quantitative estimate of drug-likeness (QED) is 0.189. The van der Waals surface area contributed by atoms with Crippen molar-refractivity contribution in [3.05, 3.63) is 0 Å². The number of ether oxygens (including phenoxy) is 3. The first-order chi connectivity index (χ1) is 15.0. The van der Waals surface area contributed by atoms with Crippen LogP contribution in [0.25, 0.3) is 0 Å². The van der Waals surface area contributed by atoms with E-state index in [1.165, 1.54) is 64.2 Å². The second-order valence-electron chi connectivity index (χ2n) is 8.64. The van der Waals surface area contributed by atoms with Gasteiger partial charge in [0.1, 0.15) is 30.5 Å². The van der Waals surface area contributed by atoms with Crippen molar-refractivity contribution in [2.45, 2.75) is 121 Å². The molecular weight excluding hydrogens is 404 g/mol. The Labute approximate surface area is 187 Å². The lowest BCUT2D eigenvalue weighted by Crippen LogP contribution is -2.59. The van der Waals surface area contributed by atoms with Gasteiger partial charge in [0, 0.05) is 6.61 Å². The van der Waals surface area contributed by atoms with Crippen LogP contribution in [0.5, 0.6) is 0 Å². The van der Waals surface area contributed by atoms with Crippen LogP contribution in [0.3, 0.4) is 0 Å². The van der Waals surface area contributed by atoms with E-state index in [4.69, 9.17) is 19.3 Å². The highest BCUT2D eigenvalue weighted by atomic mass is 16.7. The average molecular weight is 451 g/mol. The molecule has 1 saturated heterocycles. The van der Waals surface area contributed by atoms with Crippen molar-refractivity contribution in [2.24, 2.45) is 0 Å². The summed E-state index contributed by atoms with van der Waals surface area (Å²) in [6, 6.07) is 0. The number of rotatable bonds is 19. The maximum atomic E-state index is 9.99. The highest BCUT2D eigenvalue weighted by Crippen LogP contribution is 2.22. The van der Waals surface area contributed by atoms with Gasteiger partial charge < -0.3 is 39.7 Å². The van der Waals surface area contributed by atoms with E-state index >= 15 is 0 Å². The predicted molar refractivity (Wildman–Crippen MR) is 118 cm³/mol. The summed E-state index contributed by atoms with van der Waals surface area (Å²) in [5, 5.41) is 48.7. The minimum atomic E-state index is -1.50. The Morgan fingerprint density at radius 2 is 1.32 bits per heavy atom. The molecule has 6 atom stereocenters. The Balaban J connectivity index is 1.94. The Hall–Kier alpha value is -0.320. The monoisotopic (exact) mass is 450 g/mol. The van der Waals surface area contributed by atoms with Gasteiger partial charge in [-0.15, -0.1) is 0 Å². The standard InChI is InChI=1S/C23H46O8/c1-2-3-4-5-6-7-8-9-10-11-12-13-14-29-16-18(25)17-30-22-21(27)20(26)19(15-24)31-23(22)28/h18-28H,2-17H2,1H3/t18?,19-,20+,21+,22-,23-/m1/s1. The SMILES string of the molecule is CCCCCCCCCCCCCCOCC(O)CO[C@@H]1[C@@H](O)[C@@H](O)[C@@H](CO)O[C@H]1O. The van der Waals surface area contributed by atoms with Gasteiger partial charge in [-0.25, -0.2) is 0 Å². The summed E-state index contributed by atoms with van der Waals surface area (Å²) < 4.78 is 15.8. The van der Waals surface area contributed by atoms with Crippen LogP contribution in [0.4, 0.5) is 0 Å². The van der Waals surface area contributed by atoms with Crippen molar-refractivity contribution >= 4 is 0 Å². The summed E-state index contributed by atoms with van der Waals surface area (Å²) in [6.07, 6.45) is 7.85. The summed E-state index contributed by atoms with van der Waals surface area (Å²) in [7, 11) is 0. The summed E-state index contributed by atoms with van der Waals surface area (Å²) in [4.78, 5) is 0. The van der Waals surface area contributed by atoms with Crippen LogP contribution in [0.15, 0.2) is 0 Å². The molecule has 0 radical (unpaired) electrons. The molecule has 0 aromatic heterocycles. The number of unbranched alkanes of at least 4 members (excludes halogenated alkanes) is 11. The highest BCUT2D eigenvalue weighted by molar-refractivity contribution is 4.89. The van der Waals surface area contributed by atoms with E-state index < -0.39 is 43.4 Å². The minimum absolute atomic E-state index is 0.0968. The maximum Gasteiger partial charge on any atom is 0.184 e. The van der Waals surface area contributed by atoms with Gasteiger partial charge in [0.05, 0.1) is 19.8 Å². The summed E-state index contributed by atoms with van der Waals surface area (Å²) in [5.74, 6) is 0. The molecule has 0 aromatic carbocycles. The zero-order valence-corrected chi connectivity index (χ0v) is 19.2. The van der Waals surface area contributed by atoms with E-state index in [0.29, 0.717) is 6.61 Å². The molecule has 0 saturated carbocycles. The van der Waals surface area contributed by atoms with Crippen molar-refractivity contribution in [1.29, 1.82) is 0 Å². The van der Waals surface area contributed by atoms with Crippen LogP contribution < -0.4 is 0 Å². The molecule has 1 fully saturated rings. The first-order valence-electron chi connectivity index (χ1n) is 12.2. The lowest BCUT2D eigenvalue weighted by Gasteiger charge is -2.40. The van der Waals surface area contributed by atoms with Gasteiger partial charge in [-0.3, -0.25) is 0 Å². The van der Waals surface area contributed by atoms with Gasteiger partial charge in [-0.05, 0) is 6.42 Å². The van der Waals surface area contributed by atoms with Crippen LogP contribution in [0.1, 0.15) is 84.0 Å². The molecule has 0 bridgehead atoms. The molecule has 1 rings (SSSR count). The van der Waals surface area contributed by atoms with Crippen LogP contribution in [-0.4, -0.2) is 88.8 Å². The second-order valence-corrected chi connectivity index (χ2v) is 8.64. The molecule has 1 heterocycles. The largest absolute Gasteiger partial charge is 0.394 e. The number of hydrogen-bond donors (Lipinski definition) is 5. The van der Waals surface area contributed by atoms with Crippen molar-refractivity contribution in [2.75, 3.05) is 26.4 Å². The highest BCUT2D eigenvalue weighted by Gasteiger charge is 2.44. The smallest absolute Gasteiger partial charge is 0.184 e. The molecule has 1 unspecified atom stereocenters. The van der Waals surface area contributed by atoms with Crippen molar-refractivity contribution in [3.63, 3.8) is 0 Å². The van der Waals surface area contributed by atoms with Crippen molar-refractivity contribution in [3.8, 4) is 0 Å². The fourth-order valence-electron chi connectivity index (χ4n) is 3.79. The molecule has 0 aromatic rings. The van der Waals surface area contributed by atoms with Crippen LogP contribution in [0.2, 0.25) is 0 Å². The van der Waals surface area contributed by atoms with Gasteiger partial charge in [0.2, 0.25) is 0 Å². The zero-order chi connectivity index (χ0) is 22.9. The Bertz CT molecular complexity index is 411. The summed E-state index contributed by atoms with van der Waals surface area (Å²) in [6.45, 7) is 2.21. The van der Waals surface area contributed by atoms with Crippen molar-refractivity contribution in [1.82, 2.24) is 0 Å². The zero-order valence-electron chi connectivity index (χ0n) is 19.2. The molecule has 31 heavy (non-hydrogen) atoms. The molecule has 1 aliphatic rings. The van der Waals surface area contributed by atoms with Gasteiger partial charge in [0.25, 0.3) is 0 Å². The Morgan fingerprint density at radius 3 is 1.87 bits per heavy atom. The van der Waals surface area contributed by atoms with E-state index in [1.54, 1.807) is 0 Å². The Kier molecular flexibility index (Phi) is 16.8. The van der Waals surface area contributed by atoms with Gasteiger partial charge in [0.15, 0.2) is 6.29 Å². The molecule has 0 spiro atoms. The van der Waals surface area contributed by atoms with Crippen LogP contribution >= 0.6 is 0 Å². The molecule has 8 heteroatoms. The first kappa shape index (κ1) is 28.7. The maximum absolute atomic E-state index is 9.99. The summed E-state index contributed by atoms with van der Waals surface area (Å²) in [5.41, 5.74) is 0. The fraction of sp³-hybridized carbons (Fsp3) is 1.00. The first-order valence-corrected chi connectivity index (χ1v) is 12.2. The molecule has 0 aliphatic carbocycles. The third kappa shape index (κ3) is 12.5. The normalized spacial score (nSPS) is 27.5. The second kappa shape index (κ2) is 18.1. The average Bonchev–Trinajstić information content (AvgIpc) is 2.76. The number of aliphatic hydroxyl groups is 5. The van der Waals surface area contributed by atoms with Crippen LogP contribution in [-0.2, 0) is 14.2 Å². The van der Waals surface area contributed by atoms with E-state index in [1.807, 2.05) is 0 Å². The predicted octanol–water partition coefficient (Wildman–Crippen LogP) is 1.88. The molecular formula is C23H46O8. The molecule has 0 amide bonds. The van der Waals surface area contributed by atoms with Gasteiger partial charge in [-0.1, -0.05) is 77.6 Å². The molecule has 186 valence electrons. The topological polar surface area (TPSA) is 129 Å². The van der Waals surface area contributed by atoms with E-state index in [0.717, 1.165) is 12.8 Å². The van der Waals surface area contributed by atoms with E-state index in [2.05, 4.69) is 6.92 Å². The lowest BCUT2D eigenvalue weighted by atomic mass is 9.99. The lowest BCUT2D eigenvalue weighted by molar-refractivity contribution is -0.299. The van der Waals surface area contributed by atoms with Crippen molar-refractivity contribution < 1.29 is 39.7 Å². The number of aliphatic hydroxyl groups excluding tert-OH is 5. The van der Waals surface area contributed by atoms with E-state index in [-0.39, 0.29) is 13.2 Å². The summed E-state index contributed by atoms with van der Waals surface area (Å²) >= 11 is 0. The minimum Gasteiger partial charge on any atom is -0.394 e.